The minimum absolute atomic E-state index is 0.0246. The van der Waals surface area contributed by atoms with Crippen LogP contribution in [-0.4, -0.2) is 87.5 Å². The molecule has 0 spiro atoms. The molecule has 26 heavy (non-hydrogen) atoms. The van der Waals surface area contributed by atoms with Crippen LogP contribution in [0.2, 0.25) is 0 Å². The average Bonchev–Trinajstić information content (AvgIpc) is 3.16. The first-order valence-corrected chi connectivity index (χ1v) is 9.27. The molecule has 1 N–H and O–H groups in total. The highest BCUT2D eigenvalue weighted by atomic mass is 16.5. The lowest BCUT2D eigenvalue weighted by molar-refractivity contribution is -0.00899. The number of hydrogen-bond acceptors (Lipinski definition) is 6. The zero-order valence-electron chi connectivity index (χ0n) is 14.8. The predicted octanol–water partition coefficient (Wildman–Crippen LogP) is 0.275. The predicted molar refractivity (Wildman–Crippen MR) is 94.9 cm³/mol. The second-order valence-electron chi connectivity index (χ2n) is 7.09. The van der Waals surface area contributed by atoms with Crippen LogP contribution < -0.4 is 0 Å². The molecule has 140 valence electrons. The quantitative estimate of drug-likeness (QED) is 0.844. The Morgan fingerprint density at radius 2 is 2.04 bits per heavy atom. The maximum absolute atomic E-state index is 12.7. The summed E-state index contributed by atoms with van der Waals surface area (Å²) in [4.78, 5) is 21.0. The molecule has 2 fully saturated rings. The van der Waals surface area contributed by atoms with Crippen molar-refractivity contribution in [3.05, 3.63) is 30.2 Å². The van der Waals surface area contributed by atoms with Crippen LogP contribution in [-0.2, 0) is 4.74 Å². The van der Waals surface area contributed by atoms with Gasteiger partial charge >= 0.3 is 0 Å². The van der Waals surface area contributed by atoms with Crippen LogP contribution in [0.25, 0.3) is 5.65 Å². The normalized spacial score (nSPS) is 21.2. The number of carbonyl (C=O) groups is 1. The summed E-state index contributed by atoms with van der Waals surface area (Å²) in [5, 5.41) is 14.6. The van der Waals surface area contributed by atoms with Crippen molar-refractivity contribution >= 4 is 11.6 Å². The highest BCUT2D eigenvalue weighted by molar-refractivity contribution is 5.95. The van der Waals surface area contributed by atoms with Crippen molar-refractivity contribution in [1.82, 2.24) is 24.4 Å². The number of rotatable bonds is 4. The van der Waals surface area contributed by atoms with Gasteiger partial charge in [-0.15, -0.1) is 0 Å². The van der Waals surface area contributed by atoms with Crippen molar-refractivity contribution in [3.8, 4) is 0 Å². The fourth-order valence-corrected chi connectivity index (χ4v) is 3.82. The van der Waals surface area contributed by atoms with Gasteiger partial charge in [0.1, 0.15) is 6.33 Å². The lowest BCUT2D eigenvalue weighted by Gasteiger charge is -2.36. The van der Waals surface area contributed by atoms with Gasteiger partial charge in [-0.2, -0.15) is 5.10 Å². The smallest absolute Gasteiger partial charge is 0.254 e. The zero-order chi connectivity index (χ0) is 17.9. The van der Waals surface area contributed by atoms with Crippen LogP contribution in [0.1, 0.15) is 23.2 Å². The van der Waals surface area contributed by atoms with Crippen molar-refractivity contribution in [2.45, 2.75) is 18.9 Å². The number of amides is 1. The van der Waals surface area contributed by atoms with Gasteiger partial charge in [-0.3, -0.25) is 9.69 Å². The highest BCUT2D eigenvalue weighted by Gasteiger charge is 2.29. The SMILES string of the molecule is O=C(c1ccn2ncnc2c1)N1CCC(C(O)CN2CCOCC2)CC1. The molecule has 0 saturated carbocycles. The molecule has 2 aliphatic rings. The molecule has 1 unspecified atom stereocenters. The van der Waals surface area contributed by atoms with E-state index in [-0.39, 0.29) is 17.9 Å². The molecule has 0 radical (unpaired) electrons. The molecule has 0 bridgehead atoms. The number of ether oxygens (including phenoxy) is 1. The number of nitrogens with zero attached hydrogens (tertiary/aromatic N) is 5. The second-order valence-corrected chi connectivity index (χ2v) is 7.09. The van der Waals surface area contributed by atoms with Gasteiger partial charge in [0.25, 0.3) is 5.91 Å². The number of likely N-dealkylation sites (tertiary alicyclic amines) is 1. The van der Waals surface area contributed by atoms with Crippen molar-refractivity contribution < 1.29 is 14.6 Å². The second kappa shape index (κ2) is 7.69. The van der Waals surface area contributed by atoms with E-state index in [4.69, 9.17) is 4.74 Å². The molecule has 1 atom stereocenters. The number of aliphatic hydroxyl groups is 1. The van der Waals surface area contributed by atoms with Crippen LogP contribution in [0.3, 0.4) is 0 Å². The van der Waals surface area contributed by atoms with Gasteiger partial charge in [-0.05, 0) is 30.9 Å². The van der Waals surface area contributed by atoms with E-state index in [1.165, 1.54) is 6.33 Å². The standard InChI is InChI=1S/C18H25N5O3/c24-16(12-21-7-9-26-10-8-21)14-1-4-22(5-2-14)18(25)15-3-6-23-17(11-15)19-13-20-23/h3,6,11,13-14,16,24H,1-2,4-5,7-10,12H2. The average molecular weight is 359 g/mol. The van der Waals surface area contributed by atoms with Crippen molar-refractivity contribution in [2.75, 3.05) is 45.9 Å². The first-order valence-electron chi connectivity index (χ1n) is 9.27. The summed E-state index contributed by atoms with van der Waals surface area (Å²) in [6, 6.07) is 3.55. The summed E-state index contributed by atoms with van der Waals surface area (Å²) in [5.41, 5.74) is 1.31. The number of β-amino-alcohol motifs (C(OH)–C–C–N with tert-alkyl or cyclic N) is 1. The molecule has 0 aromatic carbocycles. The molecule has 8 nitrogen and oxygen atoms in total. The molecule has 4 rings (SSSR count). The summed E-state index contributed by atoms with van der Waals surface area (Å²) in [7, 11) is 0. The van der Waals surface area contributed by atoms with E-state index in [1.807, 2.05) is 4.90 Å². The van der Waals surface area contributed by atoms with E-state index >= 15 is 0 Å². The summed E-state index contributed by atoms with van der Waals surface area (Å²) >= 11 is 0. The first-order chi connectivity index (χ1) is 12.7. The maximum atomic E-state index is 12.7. The number of piperidine rings is 1. The molecule has 2 saturated heterocycles. The van der Waals surface area contributed by atoms with Gasteiger partial charge in [0.15, 0.2) is 5.65 Å². The highest BCUT2D eigenvalue weighted by Crippen LogP contribution is 2.23. The Balaban J connectivity index is 1.31. The summed E-state index contributed by atoms with van der Waals surface area (Å²) in [5.74, 6) is 0.275. The summed E-state index contributed by atoms with van der Waals surface area (Å²) < 4.78 is 7.00. The monoisotopic (exact) mass is 359 g/mol. The van der Waals surface area contributed by atoms with Gasteiger partial charge in [0, 0.05) is 44.5 Å². The fraction of sp³-hybridized carbons (Fsp3) is 0.611. The third-order valence-electron chi connectivity index (χ3n) is 5.45. The minimum atomic E-state index is -0.335. The van der Waals surface area contributed by atoms with Crippen molar-refractivity contribution in [1.29, 1.82) is 0 Å². The number of pyridine rings is 1. The van der Waals surface area contributed by atoms with E-state index in [0.29, 0.717) is 30.8 Å². The Hall–Kier alpha value is -2.03. The van der Waals surface area contributed by atoms with Gasteiger partial charge < -0.3 is 14.7 Å². The van der Waals surface area contributed by atoms with Crippen molar-refractivity contribution in [3.63, 3.8) is 0 Å². The van der Waals surface area contributed by atoms with Crippen molar-refractivity contribution in [2.24, 2.45) is 5.92 Å². The number of hydrogen-bond donors (Lipinski definition) is 1. The van der Waals surface area contributed by atoms with Gasteiger partial charge in [0.2, 0.25) is 0 Å². The van der Waals surface area contributed by atoms with Crippen LogP contribution in [0, 0.1) is 5.92 Å². The molecule has 2 aromatic heterocycles. The molecule has 0 aliphatic carbocycles. The molecular formula is C18H25N5O3. The number of aromatic nitrogens is 3. The third kappa shape index (κ3) is 3.72. The maximum Gasteiger partial charge on any atom is 0.254 e. The lowest BCUT2D eigenvalue weighted by atomic mass is 9.90. The summed E-state index contributed by atoms with van der Waals surface area (Å²) in [6.07, 6.45) is 4.58. The first kappa shape index (κ1) is 17.4. The van der Waals surface area contributed by atoms with E-state index in [9.17, 15) is 9.90 Å². The Morgan fingerprint density at radius 3 is 2.81 bits per heavy atom. The van der Waals surface area contributed by atoms with E-state index in [1.54, 1.807) is 22.8 Å². The fourth-order valence-electron chi connectivity index (χ4n) is 3.82. The number of morpholine rings is 1. The molecular weight excluding hydrogens is 334 g/mol. The topological polar surface area (TPSA) is 83.2 Å². The van der Waals surface area contributed by atoms with Gasteiger partial charge in [-0.1, -0.05) is 0 Å². The number of carbonyl (C=O) groups excluding carboxylic acids is 1. The zero-order valence-corrected chi connectivity index (χ0v) is 14.8. The Morgan fingerprint density at radius 1 is 1.27 bits per heavy atom. The van der Waals surface area contributed by atoms with Crippen LogP contribution in [0.5, 0.6) is 0 Å². The van der Waals surface area contributed by atoms with Crippen LogP contribution in [0.4, 0.5) is 0 Å². The largest absolute Gasteiger partial charge is 0.392 e. The molecule has 8 heteroatoms. The van der Waals surface area contributed by atoms with E-state index in [2.05, 4.69) is 15.0 Å². The lowest BCUT2D eigenvalue weighted by Crippen LogP contribution is -2.46. The van der Waals surface area contributed by atoms with Gasteiger partial charge in [0.05, 0.1) is 19.3 Å². The Labute approximate surface area is 152 Å². The van der Waals surface area contributed by atoms with Gasteiger partial charge in [-0.25, -0.2) is 9.50 Å². The summed E-state index contributed by atoms with van der Waals surface area (Å²) in [6.45, 7) is 5.33. The molecule has 4 heterocycles. The third-order valence-corrected chi connectivity index (χ3v) is 5.45. The van der Waals surface area contributed by atoms with E-state index in [0.717, 1.165) is 39.1 Å². The molecule has 1 amide bonds. The molecule has 2 aromatic rings. The number of fused-ring (bicyclic) bond motifs is 1. The minimum Gasteiger partial charge on any atom is -0.392 e. The Kier molecular flexibility index (Phi) is 5.14. The molecule has 2 aliphatic heterocycles. The number of aliphatic hydroxyl groups excluding tert-OH is 1. The van der Waals surface area contributed by atoms with Crippen LogP contribution in [0.15, 0.2) is 24.7 Å². The Bertz CT molecular complexity index is 750. The van der Waals surface area contributed by atoms with Crippen LogP contribution >= 0.6 is 0 Å². The van der Waals surface area contributed by atoms with E-state index < -0.39 is 0 Å².